The molecule has 0 bridgehead atoms. The molecule has 4 nitrogen and oxygen atoms in total. The summed E-state index contributed by atoms with van der Waals surface area (Å²) in [4.78, 5) is 12.5. The molecule has 3 rings (SSSR count). The molecular weight excluding hydrogens is 252 g/mol. The summed E-state index contributed by atoms with van der Waals surface area (Å²) >= 11 is 0. The number of nitrogens with one attached hydrogen (secondary N) is 2. The zero-order chi connectivity index (χ0) is 14.0. The van der Waals surface area contributed by atoms with Gasteiger partial charge in [0.05, 0.1) is 11.5 Å². The van der Waals surface area contributed by atoms with E-state index in [9.17, 15) is 4.79 Å². The fraction of sp³-hybridized carbons (Fsp3) is 0.562. The number of amides is 1. The van der Waals surface area contributed by atoms with E-state index < -0.39 is 0 Å². The summed E-state index contributed by atoms with van der Waals surface area (Å²) in [7, 11) is 0. The van der Waals surface area contributed by atoms with Crippen molar-refractivity contribution in [1.29, 1.82) is 0 Å². The van der Waals surface area contributed by atoms with Crippen molar-refractivity contribution in [1.82, 2.24) is 10.6 Å². The second-order valence-corrected chi connectivity index (χ2v) is 6.00. The summed E-state index contributed by atoms with van der Waals surface area (Å²) in [5.41, 5.74) is 2.19. The average molecular weight is 274 g/mol. The first kappa shape index (κ1) is 13.6. The molecule has 4 heteroatoms. The Morgan fingerprint density at radius 1 is 1.50 bits per heavy atom. The average Bonchev–Trinajstić information content (AvgIpc) is 2.91. The number of benzene rings is 1. The highest BCUT2D eigenvalue weighted by Crippen LogP contribution is 2.26. The predicted octanol–water partition coefficient (Wildman–Crippen LogP) is 1.56. The van der Waals surface area contributed by atoms with Gasteiger partial charge in [-0.15, -0.1) is 0 Å². The third-order valence-corrected chi connectivity index (χ3v) is 4.35. The molecule has 20 heavy (non-hydrogen) atoms. The van der Waals surface area contributed by atoms with Gasteiger partial charge in [0.2, 0.25) is 5.91 Å². The van der Waals surface area contributed by atoms with Gasteiger partial charge in [-0.1, -0.05) is 24.3 Å². The Morgan fingerprint density at radius 2 is 2.35 bits per heavy atom. The minimum atomic E-state index is -0.183. The lowest BCUT2D eigenvalue weighted by Gasteiger charge is -2.28. The van der Waals surface area contributed by atoms with Crippen LogP contribution in [0.3, 0.4) is 0 Å². The van der Waals surface area contributed by atoms with Crippen LogP contribution in [0.4, 0.5) is 0 Å². The first-order chi connectivity index (χ1) is 9.68. The van der Waals surface area contributed by atoms with Gasteiger partial charge >= 0.3 is 0 Å². The molecule has 1 aromatic rings. The Balaban J connectivity index is 1.66. The van der Waals surface area contributed by atoms with Crippen molar-refractivity contribution in [2.75, 3.05) is 19.7 Å². The van der Waals surface area contributed by atoms with Crippen molar-refractivity contribution >= 4 is 5.91 Å². The molecule has 1 saturated heterocycles. The normalized spacial score (nSPS) is 28.9. The first-order valence-corrected chi connectivity index (χ1v) is 7.38. The van der Waals surface area contributed by atoms with Gasteiger partial charge in [-0.3, -0.25) is 4.79 Å². The fourth-order valence-corrected chi connectivity index (χ4v) is 3.10. The van der Waals surface area contributed by atoms with E-state index in [4.69, 9.17) is 4.74 Å². The molecule has 1 fully saturated rings. The van der Waals surface area contributed by atoms with Crippen LogP contribution in [0, 0.1) is 0 Å². The zero-order valence-electron chi connectivity index (χ0n) is 11.9. The zero-order valence-corrected chi connectivity index (χ0v) is 11.9. The van der Waals surface area contributed by atoms with Crippen LogP contribution in [0.15, 0.2) is 24.3 Å². The van der Waals surface area contributed by atoms with E-state index >= 15 is 0 Å². The lowest BCUT2D eigenvalue weighted by molar-refractivity contribution is -0.123. The summed E-state index contributed by atoms with van der Waals surface area (Å²) in [6.07, 6.45) is 2.10. The van der Waals surface area contributed by atoms with Crippen LogP contribution in [-0.2, 0) is 16.1 Å². The number of ether oxygens (including phenoxy) is 1. The van der Waals surface area contributed by atoms with Crippen LogP contribution >= 0.6 is 0 Å². The Labute approximate surface area is 119 Å². The van der Waals surface area contributed by atoms with Gasteiger partial charge < -0.3 is 15.4 Å². The van der Waals surface area contributed by atoms with E-state index in [1.54, 1.807) is 0 Å². The molecule has 2 heterocycles. The lowest BCUT2D eigenvalue weighted by atomic mass is 9.90. The molecular formula is C16H22N2O2. The quantitative estimate of drug-likeness (QED) is 0.879. The highest BCUT2D eigenvalue weighted by atomic mass is 16.5. The molecule has 2 unspecified atom stereocenters. The number of fused-ring (bicyclic) bond motifs is 1. The number of hydrogen-bond donors (Lipinski definition) is 2. The van der Waals surface area contributed by atoms with Gasteiger partial charge in [-0.2, -0.15) is 0 Å². The van der Waals surface area contributed by atoms with Gasteiger partial charge in [0.15, 0.2) is 0 Å². The lowest BCUT2D eigenvalue weighted by Crippen LogP contribution is -2.45. The van der Waals surface area contributed by atoms with Crippen LogP contribution in [0.25, 0.3) is 0 Å². The van der Waals surface area contributed by atoms with Gasteiger partial charge in [0.1, 0.15) is 0 Å². The summed E-state index contributed by atoms with van der Waals surface area (Å²) in [6.45, 7) is 5.04. The molecule has 1 amide bonds. The van der Waals surface area contributed by atoms with Crippen LogP contribution in [0.1, 0.15) is 36.8 Å². The SMILES string of the molecule is CC1(CNC(=O)C2CNCc3ccccc32)CCCO1. The molecule has 0 saturated carbocycles. The second-order valence-electron chi connectivity index (χ2n) is 6.00. The summed E-state index contributed by atoms with van der Waals surface area (Å²) in [5, 5.41) is 6.39. The van der Waals surface area contributed by atoms with Crippen LogP contribution in [0.2, 0.25) is 0 Å². The Morgan fingerprint density at radius 3 is 3.15 bits per heavy atom. The number of carbonyl (C=O) groups is 1. The van der Waals surface area contributed by atoms with E-state index in [0.717, 1.165) is 31.6 Å². The number of hydrogen-bond acceptors (Lipinski definition) is 3. The molecule has 0 aromatic heterocycles. The van der Waals surface area contributed by atoms with E-state index in [0.29, 0.717) is 13.1 Å². The maximum atomic E-state index is 12.5. The van der Waals surface area contributed by atoms with Crippen molar-refractivity contribution in [3.05, 3.63) is 35.4 Å². The molecule has 1 aromatic carbocycles. The largest absolute Gasteiger partial charge is 0.373 e. The van der Waals surface area contributed by atoms with E-state index in [1.165, 1.54) is 5.56 Å². The van der Waals surface area contributed by atoms with Crippen molar-refractivity contribution in [3.63, 3.8) is 0 Å². The number of carbonyl (C=O) groups excluding carboxylic acids is 1. The number of rotatable bonds is 3. The summed E-state index contributed by atoms with van der Waals surface area (Å²) in [5.74, 6) is 0.00586. The van der Waals surface area contributed by atoms with Gasteiger partial charge in [0.25, 0.3) is 0 Å². The van der Waals surface area contributed by atoms with Crippen molar-refractivity contribution in [2.45, 2.75) is 37.8 Å². The molecule has 2 aliphatic heterocycles. The monoisotopic (exact) mass is 274 g/mol. The van der Waals surface area contributed by atoms with Gasteiger partial charge in [-0.25, -0.2) is 0 Å². The standard InChI is InChI=1S/C16H22N2O2/c1-16(7-4-8-20-16)11-18-15(19)14-10-17-9-12-5-2-3-6-13(12)14/h2-3,5-6,14,17H,4,7-11H2,1H3,(H,18,19). The molecule has 2 N–H and O–H groups in total. The minimum absolute atomic E-state index is 0.0926. The molecule has 0 aliphatic carbocycles. The summed E-state index contributed by atoms with van der Waals surface area (Å²) in [6, 6.07) is 8.18. The Bertz CT molecular complexity index is 495. The van der Waals surface area contributed by atoms with Crippen molar-refractivity contribution in [3.8, 4) is 0 Å². The molecule has 2 atom stereocenters. The molecule has 2 aliphatic rings. The summed E-state index contributed by atoms with van der Waals surface area (Å²) < 4.78 is 5.72. The van der Waals surface area contributed by atoms with Crippen LogP contribution in [0.5, 0.6) is 0 Å². The third kappa shape index (κ3) is 2.72. The maximum Gasteiger partial charge on any atom is 0.228 e. The van der Waals surface area contributed by atoms with E-state index in [2.05, 4.69) is 29.7 Å². The second kappa shape index (κ2) is 5.54. The van der Waals surface area contributed by atoms with Crippen LogP contribution in [-0.4, -0.2) is 31.2 Å². The van der Waals surface area contributed by atoms with Crippen LogP contribution < -0.4 is 10.6 Å². The van der Waals surface area contributed by atoms with Crippen molar-refractivity contribution < 1.29 is 9.53 Å². The third-order valence-electron chi connectivity index (χ3n) is 4.35. The Kier molecular flexibility index (Phi) is 3.76. The molecule has 108 valence electrons. The highest BCUT2D eigenvalue weighted by Gasteiger charge is 2.32. The predicted molar refractivity (Wildman–Crippen MR) is 77.5 cm³/mol. The molecule has 0 radical (unpaired) electrons. The highest BCUT2D eigenvalue weighted by molar-refractivity contribution is 5.84. The van der Waals surface area contributed by atoms with Crippen molar-refractivity contribution in [2.24, 2.45) is 0 Å². The van der Waals surface area contributed by atoms with E-state index in [1.807, 2.05) is 12.1 Å². The fourth-order valence-electron chi connectivity index (χ4n) is 3.10. The van der Waals surface area contributed by atoms with Gasteiger partial charge in [-0.05, 0) is 30.9 Å². The van der Waals surface area contributed by atoms with Gasteiger partial charge in [0, 0.05) is 26.2 Å². The smallest absolute Gasteiger partial charge is 0.228 e. The maximum absolute atomic E-state index is 12.5. The first-order valence-electron chi connectivity index (χ1n) is 7.38. The Hall–Kier alpha value is -1.39. The van der Waals surface area contributed by atoms with E-state index in [-0.39, 0.29) is 17.4 Å². The minimum Gasteiger partial charge on any atom is -0.373 e. The molecule has 0 spiro atoms. The topological polar surface area (TPSA) is 50.4 Å².